The van der Waals surface area contributed by atoms with Gasteiger partial charge in [0, 0.05) is 12.8 Å². The summed E-state index contributed by atoms with van der Waals surface area (Å²) in [6.07, 6.45) is -0.255. The molecule has 1 N–H and O–H groups in total. The van der Waals surface area contributed by atoms with Crippen LogP contribution in [0.25, 0.3) is 0 Å². The van der Waals surface area contributed by atoms with Crippen molar-refractivity contribution < 1.29 is 23.4 Å². The molecule has 1 aliphatic heterocycles. The summed E-state index contributed by atoms with van der Waals surface area (Å²) in [5, 5.41) is 9.00. The monoisotopic (exact) mass is 257 g/mol. The Morgan fingerprint density at radius 1 is 1.61 bits per heavy atom. The van der Waals surface area contributed by atoms with E-state index in [-0.39, 0.29) is 17.7 Å². The standard InChI is InChI=1S/C12H13F2NO3/c1-2-12(13,14)9-4-3-7(11(16)17)10(15-9)8-5-6-18-8/h3-4,8H,2,5-6H2,1H3,(H,16,17). The first kappa shape index (κ1) is 12.9. The van der Waals surface area contributed by atoms with Gasteiger partial charge in [-0.25, -0.2) is 9.78 Å². The second-order valence-electron chi connectivity index (χ2n) is 4.14. The molecule has 6 heteroatoms. The van der Waals surface area contributed by atoms with Crippen LogP contribution in [0.3, 0.4) is 0 Å². The second kappa shape index (κ2) is 4.61. The minimum Gasteiger partial charge on any atom is -0.478 e. The number of carboxylic acids is 1. The van der Waals surface area contributed by atoms with Gasteiger partial charge in [-0.05, 0) is 12.1 Å². The van der Waals surface area contributed by atoms with Crippen LogP contribution in [-0.4, -0.2) is 22.7 Å². The van der Waals surface area contributed by atoms with Crippen molar-refractivity contribution in [2.45, 2.75) is 31.8 Å². The molecule has 98 valence electrons. The van der Waals surface area contributed by atoms with Crippen LogP contribution in [0.2, 0.25) is 0 Å². The first-order chi connectivity index (χ1) is 8.45. The van der Waals surface area contributed by atoms with Gasteiger partial charge < -0.3 is 9.84 Å². The lowest BCUT2D eigenvalue weighted by Crippen LogP contribution is -2.24. The highest BCUT2D eigenvalue weighted by Crippen LogP contribution is 2.35. The summed E-state index contributed by atoms with van der Waals surface area (Å²) in [6, 6.07) is 2.24. The van der Waals surface area contributed by atoms with Crippen LogP contribution in [0.1, 0.15) is 47.6 Å². The van der Waals surface area contributed by atoms with Gasteiger partial charge in [0.2, 0.25) is 0 Å². The average molecular weight is 257 g/mol. The Balaban J connectivity index is 2.45. The van der Waals surface area contributed by atoms with Gasteiger partial charge in [0.15, 0.2) is 0 Å². The molecule has 0 bridgehead atoms. The molecule has 2 heterocycles. The minimum absolute atomic E-state index is 0.0737. The van der Waals surface area contributed by atoms with E-state index in [0.29, 0.717) is 13.0 Å². The smallest absolute Gasteiger partial charge is 0.337 e. The number of rotatable bonds is 4. The number of carbonyl (C=O) groups is 1. The van der Waals surface area contributed by atoms with Crippen LogP contribution in [0.4, 0.5) is 8.78 Å². The molecule has 0 saturated carbocycles. The van der Waals surface area contributed by atoms with Crippen LogP contribution >= 0.6 is 0 Å². The molecule has 0 aliphatic carbocycles. The first-order valence-corrected chi connectivity index (χ1v) is 5.70. The molecule has 1 atom stereocenters. The Kier molecular flexibility index (Phi) is 3.30. The van der Waals surface area contributed by atoms with Gasteiger partial charge in [-0.3, -0.25) is 0 Å². The van der Waals surface area contributed by atoms with E-state index in [1.54, 1.807) is 0 Å². The normalized spacial score (nSPS) is 19.4. The Bertz CT molecular complexity index is 472. The zero-order chi connectivity index (χ0) is 13.3. The molecule has 1 aromatic heterocycles. The number of alkyl halides is 2. The maximum atomic E-state index is 13.5. The molecule has 4 nitrogen and oxygen atoms in total. The van der Waals surface area contributed by atoms with Crippen molar-refractivity contribution in [3.05, 3.63) is 29.1 Å². The number of ether oxygens (including phenoxy) is 1. The van der Waals surface area contributed by atoms with E-state index in [1.807, 2.05) is 0 Å². The highest BCUT2D eigenvalue weighted by molar-refractivity contribution is 5.89. The summed E-state index contributed by atoms with van der Waals surface area (Å²) in [7, 11) is 0. The van der Waals surface area contributed by atoms with Gasteiger partial charge in [0.1, 0.15) is 11.8 Å². The van der Waals surface area contributed by atoms with Crippen LogP contribution in [0.15, 0.2) is 12.1 Å². The fourth-order valence-corrected chi connectivity index (χ4v) is 1.74. The zero-order valence-corrected chi connectivity index (χ0v) is 9.82. The van der Waals surface area contributed by atoms with Crippen molar-refractivity contribution in [3.8, 4) is 0 Å². The molecule has 1 fully saturated rings. The fraction of sp³-hybridized carbons (Fsp3) is 0.500. The van der Waals surface area contributed by atoms with Crippen molar-refractivity contribution in [1.29, 1.82) is 0 Å². The van der Waals surface area contributed by atoms with Gasteiger partial charge in [-0.2, -0.15) is 8.78 Å². The Labute approximate surface area is 103 Å². The fourth-order valence-electron chi connectivity index (χ4n) is 1.74. The molecule has 1 aliphatic rings. The molecule has 18 heavy (non-hydrogen) atoms. The zero-order valence-electron chi connectivity index (χ0n) is 9.82. The summed E-state index contributed by atoms with van der Waals surface area (Å²) in [5.74, 6) is -4.23. The van der Waals surface area contributed by atoms with Crippen molar-refractivity contribution in [3.63, 3.8) is 0 Å². The largest absolute Gasteiger partial charge is 0.478 e. The third kappa shape index (κ3) is 2.20. The van der Waals surface area contributed by atoms with E-state index in [1.165, 1.54) is 13.0 Å². The lowest BCUT2D eigenvalue weighted by Gasteiger charge is -2.27. The van der Waals surface area contributed by atoms with Crippen molar-refractivity contribution >= 4 is 5.97 Å². The van der Waals surface area contributed by atoms with Crippen molar-refractivity contribution in [2.75, 3.05) is 6.61 Å². The van der Waals surface area contributed by atoms with Crippen LogP contribution in [-0.2, 0) is 10.7 Å². The molecule has 0 spiro atoms. The summed E-state index contributed by atoms with van der Waals surface area (Å²) in [6.45, 7) is 1.85. The van der Waals surface area contributed by atoms with E-state index in [9.17, 15) is 13.6 Å². The maximum absolute atomic E-state index is 13.5. The predicted molar refractivity (Wildman–Crippen MR) is 58.7 cm³/mol. The first-order valence-electron chi connectivity index (χ1n) is 5.70. The van der Waals surface area contributed by atoms with Crippen LogP contribution in [0, 0.1) is 0 Å². The van der Waals surface area contributed by atoms with Crippen LogP contribution in [0.5, 0.6) is 0 Å². The highest BCUT2D eigenvalue weighted by Gasteiger charge is 2.34. The molecule has 1 unspecified atom stereocenters. The average Bonchev–Trinajstić information content (AvgIpc) is 2.26. The number of pyridine rings is 1. The van der Waals surface area contributed by atoms with Crippen LogP contribution < -0.4 is 0 Å². The quantitative estimate of drug-likeness (QED) is 0.901. The summed E-state index contributed by atoms with van der Waals surface area (Å²) in [4.78, 5) is 14.8. The number of hydrogen-bond donors (Lipinski definition) is 1. The Hall–Kier alpha value is -1.56. The Morgan fingerprint density at radius 2 is 2.28 bits per heavy atom. The number of halogens is 2. The van der Waals surface area contributed by atoms with Gasteiger partial charge in [0.05, 0.1) is 17.9 Å². The number of nitrogens with zero attached hydrogens (tertiary/aromatic N) is 1. The number of carboxylic acid groups (broad SMARTS) is 1. The van der Waals surface area contributed by atoms with Gasteiger partial charge in [0.25, 0.3) is 5.92 Å². The van der Waals surface area contributed by atoms with Crippen molar-refractivity contribution in [2.24, 2.45) is 0 Å². The third-order valence-electron chi connectivity index (χ3n) is 2.98. The SMILES string of the molecule is CCC(F)(F)c1ccc(C(=O)O)c(C2CCO2)n1. The molecule has 0 aromatic carbocycles. The molecule has 0 radical (unpaired) electrons. The predicted octanol–water partition coefficient (Wildman–Crippen LogP) is 2.74. The number of hydrogen-bond acceptors (Lipinski definition) is 3. The Morgan fingerprint density at radius 3 is 2.72 bits per heavy atom. The maximum Gasteiger partial charge on any atom is 0.337 e. The molecule has 2 rings (SSSR count). The third-order valence-corrected chi connectivity index (χ3v) is 2.98. The van der Waals surface area contributed by atoms with Gasteiger partial charge in [-0.15, -0.1) is 0 Å². The second-order valence-corrected chi connectivity index (χ2v) is 4.14. The highest BCUT2D eigenvalue weighted by atomic mass is 19.3. The van der Waals surface area contributed by atoms with E-state index in [4.69, 9.17) is 9.84 Å². The lowest BCUT2D eigenvalue weighted by atomic mass is 10.0. The number of aromatic nitrogens is 1. The van der Waals surface area contributed by atoms with E-state index >= 15 is 0 Å². The van der Waals surface area contributed by atoms with Gasteiger partial charge >= 0.3 is 5.97 Å². The lowest BCUT2D eigenvalue weighted by molar-refractivity contribution is -0.0574. The van der Waals surface area contributed by atoms with Crippen molar-refractivity contribution in [1.82, 2.24) is 4.98 Å². The van der Waals surface area contributed by atoms with E-state index < -0.39 is 23.7 Å². The topological polar surface area (TPSA) is 59.4 Å². The number of aromatic carboxylic acids is 1. The summed E-state index contributed by atoms with van der Waals surface area (Å²) < 4.78 is 32.2. The molecule has 1 saturated heterocycles. The molecular weight excluding hydrogens is 244 g/mol. The van der Waals surface area contributed by atoms with E-state index in [0.717, 1.165) is 6.07 Å². The minimum atomic E-state index is -3.05. The molecule has 1 aromatic rings. The molecule has 0 amide bonds. The summed E-state index contributed by atoms with van der Waals surface area (Å²) >= 11 is 0. The molecular formula is C12H13F2NO3. The van der Waals surface area contributed by atoms with Gasteiger partial charge in [-0.1, -0.05) is 6.92 Å². The van der Waals surface area contributed by atoms with E-state index in [2.05, 4.69) is 4.98 Å². The summed E-state index contributed by atoms with van der Waals surface area (Å²) in [5.41, 5.74) is -0.379.